The number of rotatable bonds is 3. The van der Waals surface area contributed by atoms with Gasteiger partial charge in [-0.25, -0.2) is 0 Å². The largest absolute Gasteiger partial charge is 0.349 e. The Balaban J connectivity index is 2.29. The monoisotopic (exact) mass is 240 g/mol. The third-order valence-corrected chi connectivity index (χ3v) is 2.73. The molecule has 1 aromatic carbocycles. The second-order valence-corrected chi connectivity index (χ2v) is 4.02. The van der Waals surface area contributed by atoms with Gasteiger partial charge in [-0.05, 0) is 18.9 Å². The van der Waals surface area contributed by atoms with Gasteiger partial charge in [-0.15, -0.1) is 0 Å². The van der Waals surface area contributed by atoms with Crippen molar-refractivity contribution in [2.75, 3.05) is 0 Å². The van der Waals surface area contributed by atoms with E-state index in [0.717, 1.165) is 12.8 Å². The Morgan fingerprint density at radius 1 is 1.50 bits per heavy atom. The zero-order chi connectivity index (χ0) is 11.7. The number of carbonyl (C=O) groups excluding carboxylic acids is 1. The highest BCUT2D eigenvalue weighted by atomic mass is 35.5. The molecule has 0 aromatic heterocycles. The maximum absolute atomic E-state index is 11.7. The molecule has 84 valence electrons. The molecule has 0 saturated heterocycles. The van der Waals surface area contributed by atoms with Gasteiger partial charge in [-0.1, -0.05) is 17.7 Å². The fourth-order valence-corrected chi connectivity index (χ4v) is 1.61. The number of carbonyl (C=O) groups is 1. The van der Waals surface area contributed by atoms with Gasteiger partial charge in [-0.2, -0.15) is 0 Å². The maximum atomic E-state index is 11.7. The molecule has 1 aliphatic carbocycles. The molecule has 0 bridgehead atoms. The lowest BCUT2D eigenvalue weighted by Crippen LogP contribution is -2.25. The molecule has 0 spiro atoms. The van der Waals surface area contributed by atoms with Gasteiger partial charge in [0.25, 0.3) is 11.6 Å². The second-order valence-electron chi connectivity index (χ2n) is 3.64. The van der Waals surface area contributed by atoms with Gasteiger partial charge in [0.1, 0.15) is 5.02 Å². The maximum Gasteiger partial charge on any atom is 0.288 e. The standard InChI is InChI=1S/C10H9ClN2O3/c11-9-7(10(14)12-6-4-5-6)2-1-3-8(9)13(15)16/h1-3,6H,4-5H2,(H,12,14). The topological polar surface area (TPSA) is 72.2 Å². The van der Waals surface area contributed by atoms with Gasteiger partial charge in [0.05, 0.1) is 10.5 Å². The zero-order valence-electron chi connectivity index (χ0n) is 8.27. The number of benzene rings is 1. The second kappa shape index (κ2) is 4.09. The quantitative estimate of drug-likeness (QED) is 0.650. The van der Waals surface area contributed by atoms with Crippen LogP contribution in [0.5, 0.6) is 0 Å². The zero-order valence-corrected chi connectivity index (χ0v) is 9.03. The summed E-state index contributed by atoms with van der Waals surface area (Å²) < 4.78 is 0. The lowest BCUT2D eigenvalue weighted by molar-refractivity contribution is -0.384. The average Bonchev–Trinajstić information content (AvgIpc) is 3.01. The van der Waals surface area contributed by atoms with Crippen LogP contribution in [0.1, 0.15) is 23.2 Å². The van der Waals surface area contributed by atoms with Gasteiger partial charge in [0.15, 0.2) is 0 Å². The summed E-state index contributed by atoms with van der Waals surface area (Å²) in [6.07, 6.45) is 1.91. The summed E-state index contributed by atoms with van der Waals surface area (Å²) in [7, 11) is 0. The molecule has 1 aliphatic rings. The minimum atomic E-state index is -0.601. The van der Waals surface area contributed by atoms with Crippen molar-refractivity contribution in [1.82, 2.24) is 5.32 Å². The summed E-state index contributed by atoms with van der Waals surface area (Å²) in [5.41, 5.74) is -0.0899. The van der Waals surface area contributed by atoms with Crippen molar-refractivity contribution in [3.63, 3.8) is 0 Å². The number of nitro groups is 1. The van der Waals surface area contributed by atoms with E-state index >= 15 is 0 Å². The summed E-state index contributed by atoms with van der Waals surface area (Å²) in [4.78, 5) is 21.7. The van der Waals surface area contributed by atoms with E-state index in [-0.39, 0.29) is 28.2 Å². The van der Waals surface area contributed by atoms with Crippen molar-refractivity contribution < 1.29 is 9.72 Å². The molecule has 1 amide bonds. The Kier molecular flexibility index (Phi) is 2.78. The SMILES string of the molecule is O=C(NC1CC1)c1cccc([N+](=O)[O-])c1Cl. The van der Waals surface area contributed by atoms with Gasteiger partial charge in [-0.3, -0.25) is 14.9 Å². The highest BCUT2D eigenvalue weighted by Crippen LogP contribution is 2.28. The molecular weight excluding hydrogens is 232 g/mol. The molecule has 0 radical (unpaired) electrons. The fourth-order valence-electron chi connectivity index (χ4n) is 1.33. The minimum absolute atomic E-state index is 0.106. The van der Waals surface area contributed by atoms with E-state index in [1.807, 2.05) is 0 Å². The third kappa shape index (κ3) is 2.14. The first kappa shape index (κ1) is 10.9. The van der Waals surface area contributed by atoms with Crippen LogP contribution in [0.15, 0.2) is 18.2 Å². The van der Waals surface area contributed by atoms with Crippen LogP contribution in [-0.2, 0) is 0 Å². The average molecular weight is 241 g/mol. The highest BCUT2D eigenvalue weighted by Gasteiger charge is 2.26. The molecule has 1 saturated carbocycles. The lowest BCUT2D eigenvalue weighted by Gasteiger charge is -2.05. The van der Waals surface area contributed by atoms with Crippen LogP contribution in [0.25, 0.3) is 0 Å². The Morgan fingerprint density at radius 3 is 2.75 bits per heavy atom. The van der Waals surface area contributed by atoms with Crippen molar-refractivity contribution in [3.05, 3.63) is 38.9 Å². The van der Waals surface area contributed by atoms with E-state index in [0.29, 0.717) is 0 Å². The number of amides is 1. The molecule has 5 nitrogen and oxygen atoms in total. The molecular formula is C10H9ClN2O3. The number of hydrogen-bond acceptors (Lipinski definition) is 3. The first-order valence-corrected chi connectivity index (χ1v) is 5.21. The Bertz CT molecular complexity index is 457. The molecule has 1 N–H and O–H groups in total. The first-order valence-electron chi connectivity index (χ1n) is 4.83. The van der Waals surface area contributed by atoms with Gasteiger partial charge in [0.2, 0.25) is 0 Å². The highest BCUT2D eigenvalue weighted by molar-refractivity contribution is 6.35. The van der Waals surface area contributed by atoms with Crippen molar-refractivity contribution in [2.45, 2.75) is 18.9 Å². The van der Waals surface area contributed by atoms with Gasteiger partial charge >= 0.3 is 0 Å². The number of nitrogens with zero attached hydrogens (tertiary/aromatic N) is 1. The fraction of sp³-hybridized carbons (Fsp3) is 0.300. The van der Waals surface area contributed by atoms with Crippen molar-refractivity contribution in [2.24, 2.45) is 0 Å². The van der Waals surface area contributed by atoms with Crippen molar-refractivity contribution >= 4 is 23.2 Å². The van der Waals surface area contributed by atoms with Crippen molar-refractivity contribution in [3.8, 4) is 0 Å². The van der Waals surface area contributed by atoms with E-state index in [4.69, 9.17) is 11.6 Å². The molecule has 1 fully saturated rings. The Hall–Kier alpha value is -1.62. The first-order chi connectivity index (χ1) is 7.59. The van der Waals surface area contributed by atoms with Gasteiger partial charge < -0.3 is 5.32 Å². The Labute approximate surface area is 96.6 Å². The van der Waals surface area contributed by atoms with E-state index in [1.54, 1.807) is 0 Å². The molecule has 0 unspecified atom stereocenters. The number of nitro benzene ring substituents is 1. The molecule has 0 heterocycles. The summed E-state index contributed by atoms with van der Waals surface area (Å²) in [6.45, 7) is 0. The van der Waals surface area contributed by atoms with E-state index in [9.17, 15) is 14.9 Å². The molecule has 1 aromatic rings. The van der Waals surface area contributed by atoms with Crippen LogP contribution >= 0.6 is 11.6 Å². The summed E-state index contributed by atoms with van der Waals surface area (Å²) in [6, 6.07) is 4.40. The van der Waals surface area contributed by atoms with Gasteiger partial charge in [0, 0.05) is 12.1 Å². The van der Waals surface area contributed by atoms with E-state index < -0.39 is 4.92 Å². The van der Waals surface area contributed by atoms with Crippen LogP contribution in [-0.4, -0.2) is 16.9 Å². The minimum Gasteiger partial charge on any atom is -0.349 e. The number of nitrogens with one attached hydrogen (secondary N) is 1. The third-order valence-electron chi connectivity index (χ3n) is 2.33. The van der Waals surface area contributed by atoms with Crippen LogP contribution in [0.4, 0.5) is 5.69 Å². The summed E-state index contributed by atoms with van der Waals surface area (Å²) in [5.74, 6) is -0.351. The van der Waals surface area contributed by atoms with Crippen molar-refractivity contribution in [1.29, 1.82) is 0 Å². The summed E-state index contributed by atoms with van der Waals surface area (Å²) >= 11 is 5.80. The molecule has 0 atom stereocenters. The molecule has 2 rings (SSSR count). The molecule has 6 heteroatoms. The van der Waals surface area contributed by atoms with Crippen LogP contribution in [0.2, 0.25) is 5.02 Å². The predicted octanol–water partition coefficient (Wildman–Crippen LogP) is 2.14. The van der Waals surface area contributed by atoms with E-state index in [2.05, 4.69) is 5.32 Å². The number of halogens is 1. The lowest BCUT2D eigenvalue weighted by atomic mass is 10.2. The summed E-state index contributed by atoms with van der Waals surface area (Å²) in [5, 5.41) is 13.2. The predicted molar refractivity (Wildman–Crippen MR) is 58.6 cm³/mol. The molecule has 0 aliphatic heterocycles. The van der Waals surface area contributed by atoms with Crippen LogP contribution < -0.4 is 5.32 Å². The Morgan fingerprint density at radius 2 is 2.19 bits per heavy atom. The van der Waals surface area contributed by atoms with E-state index in [1.165, 1.54) is 18.2 Å². The number of hydrogen-bond donors (Lipinski definition) is 1. The molecule has 16 heavy (non-hydrogen) atoms. The van der Waals surface area contributed by atoms with Crippen LogP contribution in [0, 0.1) is 10.1 Å². The normalized spacial score (nSPS) is 14.6. The smallest absolute Gasteiger partial charge is 0.288 e. The van der Waals surface area contributed by atoms with Crippen LogP contribution in [0.3, 0.4) is 0 Å².